The summed E-state index contributed by atoms with van der Waals surface area (Å²) < 4.78 is 6.59. The lowest BCUT2D eigenvalue weighted by atomic mass is 9.67. The van der Waals surface area contributed by atoms with Crippen LogP contribution in [-0.2, 0) is 10.8 Å². The first-order chi connectivity index (χ1) is 29.5. The zero-order chi connectivity index (χ0) is 40.0. The summed E-state index contributed by atoms with van der Waals surface area (Å²) >= 11 is 0. The van der Waals surface area contributed by atoms with Gasteiger partial charge in [0.05, 0.1) is 5.41 Å². The van der Waals surface area contributed by atoms with Crippen LogP contribution in [0.15, 0.2) is 217 Å². The van der Waals surface area contributed by atoms with Crippen molar-refractivity contribution in [1.29, 1.82) is 0 Å². The van der Waals surface area contributed by atoms with Gasteiger partial charge in [0.1, 0.15) is 11.2 Å². The van der Waals surface area contributed by atoms with Gasteiger partial charge in [-0.1, -0.05) is 178 Å². The van der Waals surface area contributed by atoms with Crippen molar-refractivity contribution in [2.75, 3.05) is 4.90 Å². The topological polar surface area (TPSA) is 16.4 Å². The summed E-state index contributed by atoms with van der Waals surface area (Å²) in [5.74, 6) is 0. The molecular weight excluding hydrogens is 727 g/mol. The van der Waals surface area contributed by atoms with Gasteiger partial charge in [-0.15, -0.1) is 0 Å². The fraction of sp³-hybridized carbons (Fsp3) is 0.0690. The van der Waals surface area contributed by atoms with E-state index < -0.39 is 5.41 Å². The second-order valence-electron chi connectivity index (χ2n) is 16.8. The van der Waals surface area contributed by atoms with Crippen LogP contribution in [0.3, 0.4) is 0 Å². The number of fused-ring (bicyclic) bond motifs is 9. The summed E-state index contributed by atoms with van der Waals surface area (Å²) in [5.41, 5.74) is 19.7. The average molecular weight is 768 g/mol. The monoisotopic (exact) mass is 767 g/mol. The number of benzene rings is 9. The highest BCUT2D eigenvalue weighted by Crippen LogP contribution is 2.58. The molecule has 0 atom stereocenters. The molecule has 0 fully saturated rings. The third-order valence-corrected chi connectivity index (χ3v) is 13.3. The van der Waals surface area contributed by atoms with Crippen LogP contribution < -0.4 is 4.90 Å². The molecule has 12 rings (SSSR count). The quantitative estimate of drug-likeness (QED) is 0.168. The highest BCUT2D eigenvalue weighted by atomic mass is 16.3. The van der Waals surface area contributed by atoms with E-state index in [-0.39, 0.29) is 5.41 Å². The number of hydrogen-bond acceptors (Lipinski definition) is 2. The first kappa shape index (κ1) is 34.6. The summed E-state index contributed by atoms with van der Waals surface area (Å²) in [4.78, 5) is 2.47. The molecule has 2 nitrogen and oxygen atoms in total. The van der Waals surface area contributed by atoms with E-state index in [2.05, 4.69) is 231 Å². The van der Waals surface area contributed by atoms with Crippen LogP contribution in [0.1, 0.15) is 47.2 Å². The molecule has 2 aliphatic carbocycles. The molecule has 10 aromatic rings. The largest absolute Gasteiger partial charge is 0.456 e. The molecule has 1 aromatic heterocycles. The van der Waals surface area contributed by atoms with Crippen LogP contribution in [0.25, 0.3) is 55.3 Å². The second-order valence-corrected chi connectivity index (χ2v) is 16.8. The van der Waals surface area contributed by atoms with E-state index in [0.29, 0.717) is 0 Å². The van der Waals surface area contributed by atoms with Crippen molar-refractivity contribution < 1.29 is 4.42 Å². The van der Waals surface area contributed by atoms with Gasteiger partial charge in [0.25, 0.3) is 0 Å². The molecule has 0 bridgehead atoms. The van der Waals surface area contributed by atoms with E-state index in [1.807, 2.05) is 0 Å². The van der Waals surface area contributed by atoms with Crippen LogP contribution in [0.5, 0.6) is 0 Å². The van der Waals surface area contributed by atoms with Crippen molar-refractivity contribution in [2.24, 2.45) is 0 Å². The number of furan rings is 1. The maximum absolute atomic E-state index is 6.59. The summed E-state index contributed by atoms with van der Waals surface area (Å²) in [5, 5.41) is 2.22. The molecule has 0 spiro atoms. The van der Waals surface area contributed by atoms with E-state index in [1.54, 1.807) is 0 Å². The molecule has 0 saturated heterocycles. The minimum Gasteiger partial charge on any atom is -0.456 e. The average Bonchev–Trinajstić information content (AvgIpc) is 3.91. The molecule has 284 valence electrons. The van der Waals surface area contributed by atoms with Crippen molar-refractivity contribution >= 4 is 39.0 Å². The summed E-state index contributed by atoms with van der Waals surface area (Å²) in [6.45, 7) is 4.72. The van der Waals surface area contributed by atoms with Gasteiger partial charge >= 0.3 is 0 Å². The van der Waals surface area contributed by atoms with E-state index in [1.165, 1.54) is 66.8 Å². The molecule has 2 aliphatic rings. The van der Waals surface area contributed by atoms with Crippen LogP contribution in [-0.4, -0.2) is 0 Å². The van der Waals surface area contributed by atoms with Crippen LogP contribution in [0.2, 0.25) is 0 Å². The first-order valence-corrected chi connectivity index (χ1v) is 20.9. The molecule has 60 heavy (non-hydrogen) atoms. The Kier molecular flexibility index (Phi) is 7.52. The lowest BCUT2D eigenvalue weighted by Crippen LogP contribution is -2.28. The van der Waals surface area contributed by atoms with Gasteiger partial charge in [0, 0.05) is 33.2 Å². The van der Waals surface area contributed by atoms with Crippen molar-refractivity contribution in [1.82, 2.24) is 0 Å². The molecule has 2 heteroatoms. The highest BCUT2D eigenvalue weighted by Gasteiger charge is 2.46. The summed E-state index contributed by atoms with van der Waals surface area (Å²) in [6, 6.07) is 78.0. The fourth-order valence-electron chi connectivity index (χ4n) is 10.7. The molecule has 9 aromatic carbocycles. The second kappa shape index (κ2) is 13.0. The Morgan fingerprint density at radius 2 is 0.867 bits per heavy atom. The third-order valence-electron chi connectivity index (χ3n) is 13.3. The predicted molar refractivity (Wildman–Crippen MR) is 249 cm³/mol. The van der Waals surface area contributed by atoms with Gasteiger partial charge in [-0.2, -0.15) is 0 Å². The van der Waals surface area contributed by atoms with Gasteiger partial charge in [-0.3, -0.25) is 0 Å². The maximum atomic E-state index is 6.59. The SMILES string of the molecule is CC1(C)c2ccccc2-c2ccc(N(c3ccc4c(c3)C(c3ccccc3)(c3ccccc3)c3ccccc3-4)c3ccc4oc5cccc(-c6ccccc6)c5c4c3)cc21. The molecular formula is C58H41NO. The van der Waals surface area contributed by atoms with Gasteiger partial charge in [-0.25, -0.2) is 0 Å². The van der Waals surface area contributed by atoms with Gasteiger partial charge in [0.2, 0.25) is 0 Å². The standard InChI is InChI=1S/C58H41NO/c1-57(2)50-26-14-12-23-45(50)47-32-29-42(36-52(47)57)59(41-31-34-54-49(35-41)56-44(25-16-28-55(56)60-54)38-17-6-3-7-18-38)43-30-33-48-46-24-13-15-27-51(46)58(53(48)37-43,39-19-8-4-9-20-39)40-21-10-5-11-22-40/h3-37H,1-2H3. The highest BCUT2D eigenvalue weighted by molar-refractivity contribution is 6.13. The van der Waals surface area contributed by atoms with Gasteiger partial charge in [-0.05, 0) is 115 Å². The molecule has 0 saturated carbocycles. The van der Waals surface area contributed by atoms with Gasteiger partial charge < -0.3 is 9.32 Å². The Morgan fingerprint density at radius 1 is 0.367 bits per heavy atom. The van der Waals surface area contributed by atoms with Gasteiger partial charge in [0.15, 0.2) is 0 Å². The number of nitrogens with zero attached hydrogens (tertiary/aromatic N) is 1. The van der Waals surface area contributed by atoms with Crippen molar-refractivity contribution in [3.63, 3.8) is 0 Å². The third kappa shape index (κ3) is 4.88. The van der Waals surface area contributed by atoms with Crippen molar-refractivity contribution in [3.8, 4) is 33.4 Å². The maximum Gasteiger partial charge on any atom is 0.136 e. The van der Waals surface area contributed by atoms with Crippen molar-refractivity contribution in [3.05, 3.63) is 246 Å². The van der Waals surface area contributed by atoms with E-state index >= 15 is 0 Å². The normalized spacial score (nSPS) is 14.1. The number of anilines is 3. The Morgan fingerprint density at radius 3 is 1.55 bits per heavy atom. The van der Waals surface area contributed by atoms with E-state index in [9.17, 15) is 0 Å². The molecule has 0 aliphatic heterocycles. The molecule has 0 radical (unpaired) electrons. The van der Waals surface area contributed by atoms with E-state index in [4.69, 9.17) is 4.42 Å². The molecule has 1 heterocycles. The Bertz CT molecular complexity index is 3250. The lowest BCUT2D eigenvalue weighted by molar-refractivity contribution is 0.660. The molecule has 0 amide bonds. The van der Waals surface area contributed by atoms with Crippen LogP contribution in [0, 0.1) is 0 Å². The zero-order valence-corrected chi connectivity index (χ0v) is 33.6. The number of rotatable bonds is 6. The Labute approximate surface area is 350 Å². The smallest absolute Gasteiger partial charge is 0.136 e. The van der Waals surface area contributed by atoms with Crippen molar-refractivity contribution in [2.45, 2.75) is 24.7 Å². The first-order valence-electron chi connectivity index (χ1n) is 20.9. The summed E-state index contributed by atoms with van der Waals surface area (Å²) in [6.07, 6.45) is 0. The zero-order valence-electron chi connectivity index (χ0n) is 33.6. The van der Waals surface area contributed by atoms with E-state index in [0.717, 1.165) is 39.0 Å². The Balaban J connectivity index is 1.13. The minimum atomic E-state index is -0.521. The molecule has 0 unspecified atom stereocenters. The van der Waals surface area contributed by atoms with Crippen LogP contribution >= 0.6 is 0 Å². The fourth-order valence-corrected chi connectivity index (χ4v) is 10.7. The van der Waals surface area contributed by atoms with Crippen LogP contribution in [0.4, 0.5) is 17.1 Å². The number of hydrogen-bond donors (Lipinski definition) is 0. The molecule has 0 N–H and O–H groups in total. The Hall–Kier alpha value is -7.42. The minimum absolute atomic E-state index is 0.155. The lowest BCUT2D eigenvalue weighted by Gasteiger charge is -2.35. The predicted octanol–water partition coefficient (Wildman–Crippen LogP) is 15.4. The summed E-state index contributed by atoms with van der Waals surface area (Å²) in [7, 11) is 0.